The Labute approximate surface area is 138 Å². The number of carbonyl (C=O) groups is 2. The third-order valence-corrected chi connectivity index (χ3v) is 4.13. The summed E-state index contributed by atoms with van der Waals surface area (Å²) in [6.45, 7) is 3.21. The van der Waals surface area contributed by atoms with Crippen molar-refractivity contribution in [2.24, 2.45) is 0 Å². The second-order valence-corrected chi connectivity index (χ2v) is 6.21. The van der Waals surface area contributed by atoms with E-state index < -0.39 is 5.25 Å². The Morgan fingerprint density at radius 1 is 1.30 bits per heavy atom. The molecular formula is C17H15N3O2S. The number of benzene rings is 1. The fourth-order valence-electron chi connectivity index (χ4n) is 1.91. The number of aromatic nitrogens is 1. The van der Waals surface area contributed by atoms with E-state index in [-0.39, 0.29) is 11.7 Å². The van der Waals surface area contributed by atoms with Gasteiger partial charge in [0, 0.05) is 11.8 Å². The Morgan fingerprint density at radius 3 is 2.74 bits per heavy atom. The van der Waals surface area contributed by atoms with Crippen molar-refractivity contribution in [2.75, 3.05) is 5.32 Å². The largest absolute Gasteiger partial charge is 0.324 e. The predicted octanol–water partition coefficient (Wildman–Crippen LogP) is 3.28. The van der Waals surface area contributed by atoms with Crippen LogP contribution in [-0.2, 0) is 4.79 Å². The number of hydrogen-bond donors (Lipinski definition) is 1. The summed E-state index contributed by atoms with van der Waals surface area (Å²) in [5.41, 5.74) is 1.47. The molecule has 1 atom stereocenters. The summed E-state index contributed by atoms with van der Waals surface area (Å²) in [7, 11) is 0. The smallest absolute Gasteiger partial charge is 0.237 e. The maximum Gasteiger partial charge on any atom is 0.237 e. The second-order valence-electron chi connectivity index (χ2n) is 4.85. The van der Waals surface area contributed by atoms with Gasteiger partial charge in [-0.3, -0.25) is 9.59 Å². The van der Waals surface area contributed by atoms with Crippen molar-refractivity contribution in [1.29, 1.82) is 5.26 Å². The van der Waals surface area contributed by atoms with E-state index in [4.69, 9.17) is 5.26 Å². The maximum absolute atomic E-state index is 12.3. The molecule has 0 aliphatic heterocycles. The average Bonchev–Trinajstić information content (AvgIpc) is 2.55. The lowest BCUT2D eigenvalue weighted by atomic mass is 10.1. The van der Waals surface area contributed by atoms with Gasteiger partial charge in [0.25, 0.3) is 0 Å². The van der Waals surface area contributed by atoms with E-state index in [1.807, 2.05) is 6.07 Å². The molecule has 1 unspecified atom stereocenters. The van der Waals surface area contributed by atoms with E-state index in [1.54, 1.807) is 43.3 Å². The first-order valence-electron chi connectivity index (χ1n) is 6.95. The van der Waals surface area contributed by atoms with Gasteiger partial charge in [-0.1, -0.05) is 23.9 Å². The van der Waals surface area contributed by atoms with Gasteiger partial charge in [-0.25, -0.2) is 4.98 Å². The third-order valence-electron chi connectivity index (χ3n) is 3.09. The van der Waals surface area contributed by atoms with E-state index >= 15 is 0 Å². The lowest BCUT2D eigenvalue weighted by Gasteiger charge is -2.13. The highest BCUT2D eigenvalue weighted by molar-refractivity contribution is 8.00. The van der Waals surface area contributed by atoms with E-state index in [1.165, 1.54) is 24.9 Å². The summed E-state index contributed by atoms with van der Waals surface area (Å²) in [5, 5.41) is 11.8. The van der Waals surface area contributed by atoms with Gasteiger partial charge in [0.15, 0.2) is 5.78 Å². The first kappa shape index (κ1) is 16.7. The number of thioether (sulfide) groups is 1. The highest BCUT2D eigenvalue weighted by Crippen LogP contribution is 2.24. The molecule has 0 aliphatic rings. The normalized spacial score (nSPS) is 11.3. The van der Waals surface area contributed by atoms with Crippen LogP contribution in [0.4, 0.5) is 5.69 Å². The van der Waals surface area contributed by atoms with E-state index in [2.05, 4.69) is 10.3 Å². The summed E-state index contributed by atoms with van der Waals surface area (Å²) in [4.78, 5) is 28.0. The summed E-state index contributed by atoms with van der Waals surface area (Å²) in [6, 6.07) is 12.2. The fourth-order valence-corrected chi connectivity index (χ4v) is 2.76. The molecule has 1 amide bonds. The number of nitriles is 1. The van der Waals surface area contributed by atoms with Crippen LogP contribution in [0.3, 0.4) is 0 Å². The van der Waals surface area contributed by atoms with Gasteiger partial charge in [-0.2, -0.15) is 5.26 Å². The van der Waals surface area contributed by atoms with Gasteiger partial charge in [0.2, 0.25) is 5.91 Å². The van der Waals surface area contributed by atoms with Gasteiger partial charge in [-0.15, -0.1) is 0 Å². The number of para-hydroxylation sites is 1. The molecule has 1 aromatic heterocycles. The first-order chi connectivity index (χ1) is 11.0. The summed E-state index contributed by atoms with van der Waals surface area (Å²) in [5.74, 6) is -0.336. The lowest BCUT2D eigenvalue weighted by molar-refractivity contribution is -0.115. The first-order valence-corrected chi connectivity index (χ1v) is 7.83. The molecule has 0 spiro atoms. The van der Waals surface area contributed by atoms with Crippen molar-refractivity contribution in [3.05, 3.63) is 53.7 Å². The number of amides is 1. The molecule has 0 saturated heterocycles. The molecule has 2 aromatic rings. The predicted molar refractivity (Wildman–Crippen MR) is 89.3 cm³/mol. The van der Waals surface area contributed by atoms with Crippen LogP contribution in [0, 0.1) is 11.3 Å². The van der Waals surface area contributed by atoms with Crippen molar-refractivity contribution in [3.8, 4) is 6.07 Å². The monoisotopic (exact) mass is 325 g/mol. The number of nitrogens with one attached hydrogen (secondary N) is 1. The molecule has 116 valence electrons. The molecule has 0 bridgehead atoms. The van der Waals surface area contributed by atoms with Crippen LogP contribution < -0.4 is 5.32 Å². The van der Waals surface area contributed by atoms with Crippen LogP contribution in [0.1, 0.15) is 29.8 Å². The Balaban J connectivity index is 2.09. The topological polar surface area (TPSA) is 82.9 Å². The molecule has 0 saturated carbocycles. The summed E-state index contributed by atoms with van der Waals surface area (Å²) in [6.07, 6.45) is 1.54. The second kappa shape index (κ2) is 7.56. The van der Waals surface area contributed by atoms with Crippen LogP contribution in [0.15, 0.2) is 47.6 Å². The van der Waals surface area contributed by atoms with Crippen LogP contribution in [-0.4, -0.2) is 21.9 Å². The van der Waals surface area contributed by atoms with Gasteiger partial charge in [0.05, 0.1) is 27.6 Å². The minimum atomic E-state index is -0.420. The number of nitrogens with zero attached hydrogens (tertiary/aromatic N) is 2. The zero-order valence-corrected chi connectivity index (χ0v) is 13.6. The Bertz CT molecular complexity index is 783. The number of rotatable bonds is 5. The van der Waals surface area contributed by atoms with Gasteiger partial charge in [0.1, 0.15) is 0 Å². The number of carbonyl (C=O) groups excluding carboxylic acids is 2. The minimum Gasteiger partial charge on any atom is -0.324 e. The molecule has 6 heteroatoms. The quantitative estimate of drug-likeness (QED) is 0.674. The molecule has 1 N–H and O–H groups in total. The number of Topliss-reactive ketones (excluding diaryl/α,β-unsaturated/α-hetero) is 1. The SMILES string of the molecule is CC(=O)c1ccccc1NC(=O)C(C)Sc1cc(C#N)ccn1. The van der Waals surface area contributed by atoms with E-state index in [0.29, 0.717) is 21.8 Å². The molecule has 23 heavy (non-hydrogen) atoms. The zero-order valence-electron chi connectivity index (χ0n) is 12.7. The van der Waals surface area contributed by atoms with Gasteiger partial charge in [-0.05, 0) is 38.1 Å². The molecular weight excluding hydrogens is 310 g/mol. The molecule has 5 nitrogen and oxygen atoms in total. The van der Waals surface area contributed by atoms with Crippen molar-refractivity contribution in [3.63, 3.8) is 0 Å². The Morgan fingerprint density at radius 2 is 2.04 bits per heavy atom. The maximum atomic E-state index is 12.3. The molecule has 1 heterocycles. The Hall–Kier alpha value is -2.65. The standard InChI is InChI=1S/C17H15N3O2S/c1-11(21)14-5-3-4-6-15(14)20-17(22)12(2)23-16-9-13(10-18)7-8-19-16/h3-9,12H,1-2H3,(H,20,22). The number of hydrogen-bond acceptors (Lipinski definition) is 5. The highest BCUT2D eigenvalue weighted by atomic mass is 32.2. The Kier molecular flexibility index (Phi) is 5.50. The van der Waals surface area contributed by atoms with E-state index in [9.17, 15) is 9.59 Å². The van der Waals surface area contributed by atoms with Crippen molar-refractivity contribution in [2.45, 2.75) is 24.1 Å². The van der Waals surface area contributed by atoms with Crippen LogP contribution >= 0.6 is 11.8 Å². The number of anilines is 1. The zero-order chi connectivity index (χ0) is 16.8. The van der Waals surface area contributed by atoms with Crippen molar-refractivity contribution < 1.29 is 9.59 Å². The summed E-state index contributed by atoms with van der Waals surface area (Å²) >= 11 is 1.26. The molecule has 0 fully saturated rings. The summed E-state index contributed by atoms with van der Waals surface area (Å²) < 4.78 is 0. The van der Waals surface area contributed by atoms with Crippen molar-refractivity contribution >= 4 is 29.1 Å². The van der Waals surface area contributed by atoms with Gasteiger partial charge >= 0.3 is 0 Å². The third kappa shape index (κ3) is 4.41. The fraction of sp³-hybridized carbons (Fsp3) is 0.176. The number of pyridine rings is 1. The minimum absolute atomic E-state index is 0.107. The molecule has 1 aromatic carbocycles. The lowest BCUT2D eigenvalue weighted by Crippen LogP contribution is -2.23. The van der Waals surface area contributed by atoms with Crippen LogP contribution in [0.25, 0.3) is 0 Å². The molecule has 0 aliphatic carbocycles. The highest BCUT2D eigenvalue weighted by Gasteiger charge is 2.17. The van der Waals surface area contributed by atoms with Crippen LogP contribution in [0.2, 0.25) is 0 Å². The van der Waals surface area contributed by atoms with Crippen molar-refractivity contribution in [1.82, 2.24) is 4.98 Å². The average molecular weight is 325 g/mol. The number of ketones is 1. The van der Waals surface area contributed by atoms with E-state index in [0.717, 1.165) is 0 Å². The molecule has 2 rings (SSSR count). The van der Waals surface area contributed by atoms with Crippen LogP contribution in [0.5, 0.6) is 0 Å². The molecule has 0 radical (unpaired) electrons. The van der Waals surface area contributed by atoms with Gasteiger partial charge < -0.3 is 5.32 Å².